The topological polar surface area (TPSA) is 33.0 Å². The molecular weight excluding hydrogens is 316 g/mol. The van der Waals surface area contributed by atoms with Crippen LogP contribution in [-0.2, 0) is 6.61 Å². The normalized spacial score (nSPS) is 10.0. The Labute approximate surface area is 117 Å². The Kier molecular flexibility index (Phi) is 4.13. The number of nitriles is 1. The van der Waals surface area contributed by atoms with Crippen molar-refractivity contribution in [3.05, 3.63) is 63.6 Å². The van der Waals surface area contributed by atoms with E-state index in [4.69, 9.17) is 10.00 Å². The third-order valence-electron chi connectivity index (χ3n) is 2.47. The van der Waals surface area contributed by atoms with Crippen LogP contribution in [0.25, 0.3) is 0 Å². The maximum Gasteiger partial charge on any atom is 0.141 e. The summed E-state index contributed by atoms with van der Waals surface area (Å²) in [5, 5.41) is 8.62. The van der Waals surface area contributed by atoms with Crippen LogP contribution in [0.3, 0.4) is 0 Å². The van der Waals surface area contributed by atoms with E-state index in [2.05, 4.69) is 15.9 Å². The lowest BCUT2D eigenvalue weighted by atomic mass is 10.1. The van der Waals surface area contributed by atoms with Gasteiger partial charge in [0.05, 0.1) is 16.1 Å². The molecule has 19 heavy (non-hydrogen) atoms. The van der Waals surface area contributed by atoms with Crippen molar-refractivity contribution in [1.82, 2.24) is 0 Å². The maximum atomic E-state index is 13.6. The van der Waals surface area contributed by atoms with E-state index in [0.29, 0.717) is 15.8 Å². The summed E-state index contributed by atoms with van der Waals surface area (Å²) in [4.78, 5) is 0. The second-order valence-corrected chi connectivity index (χ2v) is 4.64. The predicted octanol–water partition coefficient (Wildman–Crippen LogP) is 4.18. The van der Waals surface area contributed by atoms with Crippen LogP contribution < -0.4 is 4.74 Å². The lowest BCUT2D eigenvalue weighted by molar-refractivity contribution is 0.298. The first-order chi connectivity index (χ1) is 9.10. The fraction of sp³-hybridized carbons (Fsp3) is 0.0714. The van der Waals surface area contributed by atoms with Crippen LogP contribution in [0.5, 0.6) is 5.75 Å². The van der Waals surface area contributed by atoms with Crippen LogP contribution in [0.15, 0.2) is 40.9 Å². The molecule has 0 saturated heterocycles. The third kappa shape index (κ3) is 3.30. The Hall–Kier alpha value is -1.93. The van der Waals surface area contributed by atoms with E-state index >= 15 is 0 Å². The largest absolute Gasteiger partial charge is 0.489 e. The zero-order valence-corrected chi connectivity index (χ0v) is 11.2. The number of ether oxygens (including phenoxy) is 1. The zero-order chi connectivity index (χ0) is 13.8. The van der Waals surface area contributed by atoms with Gasteiger partial charge in [-0.05, 0) is 40.2 Å². The second kappa shape index (κ2) is 5.81. The van der Waals surface area contributed by atoms with E-state index in [0.717, 1.165) is 6.07 Å². The van der Waals surface area contributed by atoms with Crippen molar-refractivity contribution in [3.8, 4) is 11.8 Å². The van der Waals surface area contributed by atoms with Crippen molar-refractivity contribution in [2.75, 3.05) is 0 Å². The van der Waals surface area contributed by atoms with E-state index in [1.807, 2.05) is 6.07 Å². The molecule has 0 fully saturated rings. The third-order valence-corrected chi connectivity index (χ3v) is 3.11. The molecule has 96 valence electrons. The Morgan fingerprint density at radius 3 is 2.53 bits per heavy atom. The Bertz CT molecular complexity index is 652. The Morgan fingerprint density at radius 1 is 1.11 bits per heavy atom. The molecule has 0 heterocycles. The molecule has 2 nitrogen and oxygen atoms in total. The highest BCUT2D eigenvalue weighted by Crippen LogP contribution is 2.22. The molecule has 0 bridgehead atoms. The summed E-state index contributed by atoms with van der Waals surface area (Å²) in [6.07, 6.45) is 0. The number of hydrogen-bond donors (Lipinski definition) is 0. The van der Waals surface area contributed by atoms with E-state index in [1.165, 1.54) is 24.3 Å². The summed E-state index contributed by atoms with van der Waals surface area (Å²) in [7, 11) is 0. The van der Waals surface area contributed by atoms with Crippen molar-refractivity contribution in [2.24, 2.45) is 0 Å². The molecular formula is C14H8BrF2NO. The van der Waals surface area contributed by atoms with Gasteiger partial charge in [-0.15, -0.1) is 0 Å². The van der Waals surface area contributed by atoms with Gasteiger partial charge < -0.3 is 4.74 Å². The van der Waals surface area contributed by atoms with Gasteiger partial charge in [0.25, 0.3) is 0 Å². The van der Waals surface area contributed by atoms with Gasteiger partial charge in [-0.1, -0.05) is 6.07 Å². The molecule has 2 aromatic carbocycles. The minimum atomic E-state index is -0.517. The van der Waals surface area contributed by atoms with Gasteiger partial charge in [0.1, 0.15) is 24.0 Å². The number of halogens is 3. The van der Waals surface area contributed by atoms with Gasteiger partial charge in [0, 0.05) is 11.6 Å². The molecule has 0 spiro atoms. The SMILES string of the molecule is N#Cc1ccc(COc2ccc(Br)c(F)c2)c(F)c1. The van der Waals surface area contributed by atoms with Gasteiger partial charge in [0.15, 0.2) is 0 Å². The van der Waals surface area contributed by atoms with Gasteiger partial charge in [0.2, 0.25) is 0 Å². The average Bonchev–Trinajstić information content (AvgIpc) is 2.41. The summed E-state index contributed by atoms with van der Waals surface area (Å²) >= 11 is 3.03. The van der Waals surface area contributed by atoms with Crippen LogP contribution in [0.2, 0.25) is 0 Å². The molecule has 2 aromatic rings. The van der Waals surface area contributed by atoms with Crippen molar-refractivity contribution < 1.29 is 13.5 Å². The molecule has 0 aliphatic rings. The predicted molar refractivity (Wildman–Crippen MR) is 69.5 cm³/mol. The van der Waals surface area contributed by atoms with E-state index in [9.17, 15) is 8.78 Å². The Balaban J connectivity index is 2.10. The quantitative estimate of drug-likeness (QED) is 0.849. The molecule has 0 atom stereocenters. The fourth-order valence-corrected chi connectivity index (χ4v) is 1.71. The van der Waals surface area contributed by atoms with Crippen molar-refractivity contribution >= 4 is 15.9 Å². The molecule has 2 rings (SSSR count). The fourth-order valence-electron chi connectivity index (χ4n) is 1.46. The van der Waals surface area contributed by atoms with Gasteiger partial charge in [-0.25, -0.2) is 8.78 Å². The number of rotatable bonds is 3. The highest BCUT2D eigenvalue weighted by Gasteiger charge is 2.06. The van der Waals surface area contributed by atoms with Crippen molar-refractivity contribution in [1.29, 1.82) is 5.26 Å². The number of benzene rings is 2. The van der Waals surface area contributed by atoms with Gasteiger partial charge in [-0.2, -0.15) is 5.26 Å². The minimum Gasteiger partial charge on any atom is -0.489 e. The number of nitrogens with zero attached hydrogens (tertiary/aromatic N) is 1. The van der Waals surface area contributed by atoms with Gasteiger partial charge in [-0.3, -0.25) is 0 Å². The summed E-state index contributed by atoms with van der Waals surface area (Å²) < 4.78 is 32.5. The zero-order valence-electron chi connectivity index (χ0n) is 9.66. The molecule has 0 saturated carbocycles. The lowest BCUT2D eigenvalue weighted by Crippen LogP contribution is -1.99. The lowest BCUT2D eigenvalue weighted by Gasteiger charge is -2.08. The highest BCUT2D eigenvalue weighted by atomic mass is 79.9. The molecule has 5 heteroatoms. The molecule has 0 radical (unpaired) electrons. The summed E-state index contributed by atoms with van der Waals surface area (Å²) in [6.45, 7) is -0.0292. The molecule has 0 N–H and O–H groups in total. The van der Waals surface area contributed by atoms with Crippen molar-refractivity contribution in [2.45, 2.75) is 6.61 Å². The second-order valence-electron chi connectivity index (χ2n) is 3.78. The number of hydrogen-bond acceptors (Lipinski definition) is 2. The van der Waals surface area contributed by atoms with Crippen molar-refractivity contribution in [3.63, 3.8) is 0 Å². The van der Waals surface area contributed by atoms with Crippen LogP contribution in [-0.4, -0.2) is 0 Å². The monoisotopic (exact) mass is 323 g/mol. The molecule has 0 unspecified atom stereocenters. The van der Waals surface area contributed by atoms with E-state index < -0.39 is 11.6 Å². The van der Waals surface area contributed by atoms with E-state index in [-0.39, 0.29) is 12.2 Å². The summed E-state index contributed by atoms with van der Waals surface area (Å²) in [6, 6.07) is 10.3. The molecule has 0 amide bonds. The van der Waals surface area contributed by atoms with Crippen LogP contribution >= 0.6 is 15.9 Å². The Morgan fingerprint density at radius 2 is 1.89 bits per heavy atom. The smallest absolute Gasteiger partial charge is 0.141 e. The molecule has 0 aliphatic carbocycles. The maximum absolute atomic E-state index is 13.6. The minimum absolute atomic E-state index is 0.0292. The van der Waals surface area contributed by atoms with Gasteiger partial charge >= 0.3 is 0 Å². The standard InChI is InChI=1S/C14H8BrF2NO/c15-12-4-3-11(6-14(12)17)19-8-10-2-1-9(7-18)5-13(10)16/h1-6H,8H2. The molecule has 0 aromatic heterocycles. The van der Waals surface area contributed by atoms with Crippen LogP contribution in [0, 0.1) is 23.0 Å². The van der Waals surface area contributed by atoms with Crippen LogP contribution in [0.4, 0.5) is 8.78 Å². The first-order valence-electron chi connectivity index (χ1n) is 5.36. The van der Waals surface area contributed by atoms with E-state index in [1.54, 1.807) is 6.07 Å². The first-order valence-corrected chi connectivity index (χ1v) is 6.16. The first kappa shape index (κ1) is 13.5. The summed E-state index contributed by atoms with van der Waals surface area (Å²) in [5.41, 5.74) is 0.554. The average molecular weight is 324 g/mol. The summed E-state index contributed by atoms with van der Waals surface area (Å²) in [5.74, 6) is -0.654. The molecule has 0 aliphatic heterocycles. The highest BCUT2D eigenvalue weighted by molar-refractivity contribution is 9.10. The van der Waals surface area contributed by atoms with Crippen LogP contribution in [0.1, 0.15) is 11.1 Å².